The number of rotatable bonds is 8. The summed E-state index contributed by atoms with van der Waals surface area (Å²) in [5.74, 6) is 0.882. The maximum absolute atomic E-state index is 3.86. The molecule has 2 nitrogen and oxygen atoms in total. The van der Waals surface area contributed by atoms with Gasteiger partial charge in [0.15, 0.2) is 0 Å². The van der Waals surface area contributed by atoms with Crippen molar-refractivity contribution in [2.24, 2.45) is 5.92 Å². The zero-order valence-electron chi connectivity index (χ0n) is 13.3. The Morgan fingerprint density at radius 2 is 1.67 bits per heavy atom. The predicted molar refractivity (Wildman–Crippen MR) is 81.0 cm³/mol. The van der Waals surface area contributed by atoms with Crippen LogP contribution in [0.2, 0.25) is 0 Å². The molecule has 1 unspecified atom stereocenters. The number of nitrogens with zero attached hydrogens (tertiary/aromatic N) is 1. The molecule has 1 N–H and O–H groups in total. The normalized spacial score (nSPS) is 19.7. The van der Waals surface area contributed by atoms with Crippen LogP contribution in [0.1, 0.15) is 66.7 Å². The van der Waals surface area contributed by atoms with Crippen LogP contribution in [0.5, 0.6) is 0 Å². The number of likely N-dealkylation sites (N-methyl/N-ethyl adjacent to an activating group) is 1. The minimum Gasteiger partial charge on any atom is -0.312 e. The summed E-state index contributed by atoms with van der Waals surface area (Å²) < 4.78 is 0. The Balaban J connectivity index is 2.78. The summed E-state index contributed by atoms with van der Waals surface area (Å²) in [6.45, 7) is 15.2. The van der Waals surface area contributed by atoms with Gasteiger partial charge in [-0.15, -0.1) is 0 Å². The summed E-state index contributed by atoms with van der Waals surface area (Å²) in [6, 6.07) is 0.653. The van der Waals surface area contributed by atoms with E-state index in [1.54, 1.807) is 0 Å². The monoisotopic (exact) mass is 254 g/mol. The van der Waals surface area contributed by atoms with E-state index in [-0.39, 0.29) is 5.54 Å². The molecule has 0 heterocycles. The fourth-order valence-corrected chi connectivity index (χ4v) is 3.82. The molecular formula is C16H34N2. The van der Waals surface area contributed by atoms with E-state index in [1.165, 1.54) is 32.1 Å². The SMILES string of the molecule is CCCNC(C1CCCC1)C(C)(C)N(CC)CC. The average molecular weight is 254 g/mol. The minimum absolute atomic E-state index is 0.272. The van der Waals surface area contributed by atoms with Crippen molar-refractivity contribution in [2.75, 3.05) is 19.6 Å². The first kappa shape index (κ1) is 16.0. The van der Waals surface area contributed by atoms with Crippen molar-refractivity contribution < 1.29 is 0 Å². The number of nitrogens with one attached hydrogen (secondary N) is 1. The molecule has 0 aromatic heterocycles. The van der Waals surface area contributed by atoms with Crippen LogP contribution in [0.25, 0.3) is 0 Å². The number of hydrogen-bond acceptors (Lipinski definition) is 2. The molecule has 1 saturated carbocycles. The van der Waals surface area contributed by atoms with Crippen LogP contribution in [0.3, 0.4) is 0 Å². The highest BCUT2D eigenvalue weighted by molar-refractivity contribution is 4.98. The molecule has 0 aliphatic heterocycles. The van der Waals surface area contributed by atoms with Crippen LogP contribution in [-0.2, 0) is 0 Å². The summed E-state index contributed by atoms with van der Waals surface area (Å²) in [5, 5.41) is 3.86. The lowest BCUT2D eigenvalue weighted by Gasteiger charge is -2.46. The van der Waals surface area contributed by atoms with Gasteiger partial charge in [0, 0.05) is 11.6 Å². The van der Waals surface area contributed by atoms with Crippen molar-refractivity contribution >= 4 is 0 Å². The second-order valence-electron chi connectivity index (χ2n) is 6.30. The van der Waals surface area contributed by atoms with Crippen LogP contribution < -0.4 is 5.32 Å². The second-order valence-corrected chi connectivity index (χ2v) is 6.30. The molecule has 1 rings (SSSR count). The van der Waals surface area contributed by atoms with Gasteiger partial charge in [0.2, 0.25) is 0 Å². The Kier molecular flexibility index (Phi) is 6.65. The summed E-state index contributed by atoms with van der Waals surface area (Å²) in [6.07, 6.45) is 6.95. The van der Waals surface area contributed by atoms with Crippen LogP contribution in [0.4, 0.5) is 0 Å². The molecule has 0 aromatic carbocycles. The van der Waals surface area contributed by atoms with Gasteiger partial charge in [-0.05, 0) is 58.7 Å². The average Bonchev–Trinajstić information content (AvgIpc) is 2.84. The van der Waals surface area contributed by atoms with E-state index >= 15 is 0 Å². The van der Waals surface area contributed by atoms with Crippen molar-refractivity contribution in [3.05, 3.63) is 0 Å². The topological polar surface area (TPSA) is 15.3 Å². The van der Waals surface area contributed by atoms with Crippen LogP contribution in [0, 0.1) is 5.92 Å². The third-order valence-corrected chi connectivity index (χ3v) is 4.83. The van der Waals surface area contributed by atoms with E-state index in [2.05, 4.69) is 44.8 Å². The predicted octanol–water partition coefficient (Wildman–Crippen LogP) is 3.67. The lowest BCUT2D eigenvalue weighted by Crippen LogP contribution is -2.60. The third-order valence-electron chi connectivity index (χ3n) is 4.83. The highest BCUT2D eigenvalue weighted by Gasteiger charge is 2.39. The van der Waals surface area contributed by atoms with E-state index < -0.39 is 0 Å². The van der Waals surface area contributed by atoms with Gasteiger partial charge in [0.1, 0.15) is 0 Å². The maximum Gasteiger partial charge on any atom is 0.0308 e. The molecule has 0 amide bonds. The Bertz CT molecular complexity index is 215. The summed E-state index contributed by atoms with van der Waals surface area (Å²) >= 11 is 0. The van der Waals surface area contributed by atoms with Gasteiger partial charge in [-0.3, -0.25) is 4.90 Å². The van der Waals surface area contributed by atoms with Gasteiger partial charge in [0.05, 0.1) is 0 Å². The lowest BCUT2D eigenvalue weighted by molar-refractivity contribution is 0.0657. The fourth-order valence-electron chi connectivity index (χ4n) is 3.82. The van der Waals surface area contributed by atoms with Crippen LogP contribution >= 0.6 is 0 Å². The van der Waals surface area contributed by atoms with Crippen molar-refractivity contribution in [1.29, 1.82) is 0 Å². The summed E-state index contributed by atoms with van der Waals surface area (Å²) in [7, 11) is 0. The van der Waals surface area contributed by atoms with Crippen molar-refractivity contribution in [2.45, 2.75) is 78.3 Å². The number of hydrogen-bond donors (Lipinski definition) is 1. The molecule has 0 aromatic rings. The van der Waals surface area contributed by atoms with E-state index in [9.17, 15) is 0 Å². The highest BCUT2D eigenvalue weighted by Crippen LogP contribution is 2.34. The molecule has 2 heteroatoms. The summed E-state index contributed by atoms with van der Waals surface area (Å²) in [4.78, 5) is 2.62. The zero-order chi connectivity index (χ0) is 13.6. The highest BCUT2D eigenvalue weighted by atomic mass is 15.2. The summed E-state index contributed by atoms with van der Waals surface area (Å²) in [5.41, 5.74) is 0.272. The van der Waals surface area contributed by atoms with E-state index in [1.807, 2.05) is 0 Å². The van der Waals surface area contributed by atoms with Gasteiger partial charge in [-0.25, -0.2) is 0 Å². The first-order valence-corrected chi connectivity index (χ1v) is 8.06. The second kappa shape index (κ2) is 7.49. The molecule has 0 saturated heterocycles. The Morgan fingerprint density at radius 1 is 1.11 bits per heavy atom. The molecule has 1 aliphatic rings. The molecule has 1 fully saturated rings. The maximum atomic E-state index is 3.86. The standard InChI is InChI=1S/C16H34N2/c1-6-13-17-15(14-11-9-10-12-14)16(4,5)18(7-2)8-3/h14-15,17H,6-13H2,1-5H3. The zero-order valence-corrected chi connectivity index (χ0v) is 13.3. The molecule has 0 radical (unpaired) electrons. The van der Waals surface area contributed by atoms with Gasteiger partial charge in [0.25, 0.3) is 0 Å². The van der Waals surface area contributed by atoms with Crippen molar-refractivity contribution in [3.8, 4) is 0 Å². The van der Waals surface area contributed by atoms with E-state index in [4.69, 9.17) is 0 Å². The van der Waals surface area contributed by atoms with Gasteiger partial charge >= 0.3 is 0 Å². The first-order chi connectivity index (χ1) is 8.57. The molecule has 108 valence electrons. The van der Waals surface area contributed by atoms with E-state index in [0.717, 1.165) is 25.6 Å². The fraction of sp³-hybridized carbons (Fsp3) is 1.00. The molecule has 0 bridgehead atoms. The molecule has 1 atom stereocenters. The van der Waals surface area contributed by atoms with Gasteiger partial charge in [-0.1, -0.05) is 33.6 Å². The molecule has 0 spiro atoms. The van der Waals surface area contributed by atoms with Gasteiger partial charge in [-0.2, -0.15) is 0 Å². The Hall–Kier alpha value is -0.0800. The van der Waals surface area contributed by atoms with Crippen LogP contribution in [-0.4, -0.2) is 36.1 Å². The van der Waals surface area contributed by atoms with Crippen LogP contribution in [0.15, 0.2) is 0 Å². The van der Waals surface area contributed by atoms with Crippen molar-refractivity contribution in [1.82, 2.24) is 10.2 Å². The smallest absolute Gasteiger partial charge is 0.0308 e. The Morgan fingerprint density at radius 3 is 2.11 bits per heavy atom. The van der Waals surface area contributed by atoms with E-state index in [0.29, 0.717) is 6.04 Å². The molecular weight excluding hydrogens is 220 g/mol. The molecule has 1 aliphatic carbocycles. The lowest BCUT2D eigenvalue weighted by atomic mass is 9.81. The van der Waals surface area contributed by atoms with Crippen molar-refractivity contribution in [3.63, 3.8) is 0 Å². The molecule has 18 heavy (non-hydrogen) atoms. The van der Waals surface area contributed by atoms with Gasteiger partial charge < -0.3 is 5.32 Å². The largest absolute Gasteiger partial charge is 0.312 e. The minimum atomic E-state index is 0.272. The quantitative estimate of drug-likeness (QED) is 0.711. The third kappa shape index (κ3) is 3.71. The Labute approximate surface area is 115 Å². The first-order valence-electron chi connectivity index (χ1n) is 8.06.